The van der Waals surface area contributed by atoms with Gasteiger partial charge in [-0.2, -0.15) is 0 Å². The first-order valence-electron chi connectivity index (χ1n) is 5.93. The molecule has 82 valence electrons. The zero-order valence-corrected chi connectivity index (χ0v) is 10.1. The van der Waals surface area contributed by atoms with Crippen LogP contribution in [0, 0.1) is 19.8 Å². The fourth-order valence-electron chi connectivity index (χ4n) is 2.38. The van der Waals surface area contributed by atoms with Gasteiger partial charge in [0.05, 0.1) is 0 Å². The van der Waals surface area contributed by atoms with E-state index in [2.05, 4.69) is 43.9 Å². The second kappa shape index (κ2) is 4.36. The molecule has 1 aromatic carbocycles. The number of hydrogen-bond acceptors (Lipinski definition) is 1. The lowest BCUT2D eigenvalue weighted by Gasteiger charge is -2.17. The molecule has 0 aliphatic carbocycles. The Labute approximate surface area is 93.1 Å². The zero-order chi connectivity index (χ0) is 10.8. The van der Waals surface area contributed by atoms with Crippen molar-refractivity contribution in [2.75, 3.05) is 13.1 Å². The van der Waals surface area contributed by atoms with Gasteiger partial charge in [0.25, 0.3) is 0 Å². The van der Waals surface area contributed by atoms with E-state index in [1.165, 1.54) is 36.2 Å². The summed E-state index contributed by atoms with van der Waals surface area (Å²) in [7, 11) is 0. The van der Waals surface area contributed by atoms with Gasteiger partial charge in [-0.25, -0.2) is 0 Å². The van der Waals surface area contributed by atoms with Gasteiger partial charge in [0.2, 0.25) is 0 Å². The molecular weight excluding hydrogens is 182 g/mol. The highest BCUT2D eigenvalue weighted by Crippen LogP contribution is 2.20. The van der Waals surface area contributed by atoms with Gasteiger partial charge in [-0.1, -0.05) is 30.7 Å². The van der Waals surface area contributed by atoms with Gasteiger partial charge in [-0.15, -0.1) is 0 Å². The zero-order valence-electron chi connectivity index (χ0n) is 10.1. The van der Waals surface area contributed by atoms with Crippen molar-refractivity contribution in [3.8, 4) is 0 Å². The van der Waals surface area contributed by atoms with E-state index in [4.69, 9.17) is 0 Å². The summed E-state index contributed by atoms with van der Waals surface area (Å²) in [6.07, 6.45) is 1.37. The van der Waals surface area contributed by atoms with Crippen molar-refractivity contribution >= 4 is 0 Å². The van der Waals surface area contributed by atoms with E-state index in [0.717, 1.165) is 12.5 Å². The Hall–Kier alpha value is -0.820. The summed E-state index contributed by atoms with van der Waals surface area (Å²) in [6.45, 7) is 10.4. The van der Waals surface area contributed by atoms with Crippen molar-refractivity contribution in [1.82, 2.24) is 4.90 Å². The summed E-state index contributed by atoms with van der Waals surface area (Å²) in [5.41, 5.74) is 4.31. The molecule has 1 aliphatic rings. The highest BCUT2D eigenvalue weighted by atomic mass is 15.1. The van der Waals surface area contributed by atoms with E-state index in [1.807, 2.05) is 0 Å². The Morgan fingerprint density at radius 2 is 2.13 bits per heavy atom. The minimum atomic E-state index is 0.884. The summed E-state index contributed by atoms with van der Waals surface area (Å²) >= 11 is 0. The Balaban J connectivity index is 2.07. The Bertz CT molecular complexity index is 343. The third kappa shape index (κ3) is 2.60. The van der Waals surface area contributed by atoms with Crippen LogP contribution in [0.2, 0.25) is 0 Å². The Morgan fingerprint density at radius 3 is 2.80 bits per heavy atom. The minimum Gasteiger partial charge on any atom is -0.299 e. The summed E-state index contributed by atoms with van der Waals surface area (Å²) < 4.78 is 0. The van der Waals surface area contributed by atoms with E-state index >= 15 is 0 Å². The molecule has 1 aromatic rings. The van der Waals surface area contributed by atoms with Gasteiger partial charge in [-0.05, 0) is 43.9 Å². The van der Waals surface area contributed by atoms with Crippen LogP contribution in [0.5, 0.6) is 0 Å². The maximum Gasteiger partial charge on any atom is 0.0236 e. The summed E-state index contributed by atoms with van der Waals surface area (Å²) in [4.78, 5) is 2.58. The molecule has 15 heavy (non-hydrogen) atoms. The van der Waals surface area contributed by atoms with Crippen LogP contribution in [0.3, 0.4) is 0 Å². The van der Waals surface area contributed by atoms with Crippen LogP contribution in [-0.2, 0) is 6.54 Å². The van der Waals surface area contributed by atoms with Crippen LogP contribution >= 0.6 is 0 Å². The molecule has 0 amide bonds. The first kappa shape index (κ1) is 10.7. The molecule has 1 nitrogen and oxygen atoms in total. The summed E-state index contributed by atoms with van der Waals surface area (Å²) in [6, 6.07) is 6.77. The number of rotatable bonds is 2. The maximum atomic E-state index is 2.58. The largest absolute Gasteiger partial charge is 0.299 e. The van der Waals surface area contributed by atoms with Crippen LogP contribution in [-0.4, -0.2) is 18.0 Å². The van der Waals surface area contributed by atoms with Crippen LogP contribution in [0.1, 0.15) is 30.0 Å². The molecule has 0 aromatic heterocycles. The molecule has 0 bridgehead atoms. The standard InChI is InChI=1S/C14H21N/c1-11-4-5-13(3)14(8-11)10-15-7-6-12(2)9-15/h4-5,8,12H,6-7,9-10H2,1-3H3. The van der Waals surface area contributed by atoms with E-state index in [-0.39, 0.29) is 0 Å². The second-order valence-corrected chi connectivity index (χ2v) is 5.06. The normalized spacial score (nSPS) is 22.2. The third-order valence-electron chi connectivity index (χ3n) is 3.41. The molecule has 0 saturated carbocycles. The second-order valence-electron chi connectivity index (χ2n) is 5.06. The van der Waals surface area contributed by atoms with Crippen molar-refractivity contribution in [2.24, 2.45) is 5.92 Å². The van der Waals surface area contributed by atoms with Gasteiger partial charge in [0.1, 0.15) is 0 Å². The highest BCUT2D eigenvalue weighted by molar-refractivity contribution is 5.30. The molecule has 1 unspecified atom stereocenters. The molecule has 0 spiro atoms. The van der Waals surface area contributed by atoms with Gasteiger partial charge in [0.15, 0.2) is 0 Å². The van der Waals surface area contributed by atoms with Crippen LogP contribution in [0.25, 0.3) is 0 Å². The summed E-state index contributed by atoms with van der Waals surface area (Å²) in [5, 5.41) is 0. The molecule has 1 aliphatic heterocycles. The molecule has 2 rings (SSSR count). The summed E-state index contributed by atoms with van der Waals surface area (Å²) in [5.74, 6) is 0.884. The third-order valence-corrected chi connectivity index (χ3v) is 3.41. The van der Waals surface area contributed by atoms with E-state index in [0.29, 0.717) is 0 Å². The average Bonchev–Trinajstić information content (AvgIpc) is 2.58. The van der Waals surface area contributed by atoms with Crippen molar-refractivity contribution in [3.63, 3.8) is 0 Å². The van der Waals surface area contributed by atoms with Crippen molar-refractivity contribution < 1.29 is 0 Å². The van der Waals surface area contributed by atoms with Gasteiger partial charge >= 0.3 is 0 Å². The van der Waals surface area contributed by atoms with Crippen molar-refractivity contribution in [3.05, 3.63) is 34.9 Å². The van der Waals surface area contributed by atoms with Gasteiger partial charge < -0.3 is 0 Å². The lowest BCUT2D eigenvalue weighted by atomic mass is 10.1. The lowest BCUT2D eigenvalue weighted by Crippen LogP contribution is -2.20. The first-order chi connectivity index (χ1) is 7.15. The predicted molar refractivity (Wildman–Crippen MR) is 65.0 cm³/mol. The van der Waals surface area contributed by atoms with Crippen LogP contribution in [0.4, 0.5) is 0 Å². The molecule has 1 saturated heterocycles. The minimum absolute atomic E-state index is 0.884. The topological polar surface area (TPSA) is 3.24 Å². The fraction of sp³-hybridized carbons (Fsp3) is 0.571. The molecule has 1 heterocycles. The fourth-order valence-corrected chi connectivity index (χ4v) is 2.38. The Kier molecular flexibility index (Phi) is 3.11. The molecule has 1 fully saturated rings. The lowest BCUT2D eigenvalue weighted by molar-refractivity contribution is 0.319. The first-order valence-corrected chi connectivity index (χ1v) is 5.93. The molecule has 0 N–H and O–H groups in total. The van der Waals surface area contributed by atoms with Gasteiger partial charge in [-0.3, -0.25) is 4.90 Å². The smallest absolute Gasteiger partial charge is 0.0236 e. The maximum absolute atomic E-state index is 2.58. The highest BCUT2D eigenvalue weighted by Gasteiger charge is 2.18. The van der Waals surface area contributed by atoms with E-state index in [1.54, 1.807) is 0 Å². The number of nitrogens with zero attached hydrogens (tertiary/aromatic N) is 1. The molecular formula is C14H21N. The number of benzene rings is 1. The molecule has 0 radical (unpaired) electrons. The molecule has 1 atom stereocenters. The van der Waals surface area contributed by atoms with E-state index in [9.17, 15) is 0 Å². The van der Waals surface area contributed by atoms with Gasteiger partial charge in [0, 0.05) is 13.1 Å². The van der Waals surface area contributed by atoms with Crippen LogP contribution < -0.4 is 0 Å². The number of likely N-dealkylation sites (tertiary alicyclic amines) is 1. The van der Waals surface area contributed by atoms with Crippen molar-refractivity contribution in [2.45, 2.75) is 33.7 Å². The van der Waals surface area contributed by atoms with Crippen LogP contribution in [0.15, 0.2) is 18.2 Å². The number of aryl methyl sites for hydroxylation is 2. The Morgan fingerprint density at radius 1 is 1.33 bits per heavy atom. The van der Waals surface area contributed by atoms with E-state index < -0.39 is 0 Å². The number of hydrogen-bond donors (Lipinski definition) is 0. The molecule has 1 heteroatoms. The predicted octanol–water partition coefficient (Wildman–Crippen LogP) is 3.15. The monoisotopic (exact) mass is 203 g/mol. The SMILES string of the molecule is Cc1ccc(C)c(CN2CCC(C)C2)c1. The average molecular weight is 203 g/mol. The van der Waals surface area contributed by atoms with Crippen molar-refractivity contribution in [1.29, 1.82) is 0 Å². The quantitative estimate of drug-likeness (QED) is 0.713.